The largest absolute Gasteiger partial charge is 0.497 e. The molecule has 0 aliphatic carbocycles. The molecular formula is C14H20O2. The zero-order valence-corrected chi connectivity index (χ0v) is 10.3. The number of rotatable bonds is 6. The van der Waals surface area contributed by atoms with Gasteiger partial charge in [0.05, 0.1) is 7.11 Å². The lowest BCUT2D eigenvalue weighted by Crippen LogP contribution is -2.02. The van der Waals surface area contributed by atoms with Crippen LogP contribution >= 0.6 is 0 Å². The van der Waals surface area contributed by atoms with Gasteiger partial charge in [-0.15, -0.1) is 0 Å². The molecule has 88 valence electrons. The van der Waals surface area contributed by atoms with Crippen LogP contribution in [0.15, 0.2) is 24.3 Å². The molecule has 0 spiro atoms. The summed E-state index contributed by atoms with van der Waals surface area (Å²) < 4.78 is 5.11. The molecule has 0 amide bonds. The van der Waals surface area contributed by atoms with E-state index >= 15 is 0 Å². The van der Waals surface area contributed by atoms with Crippen LogP contribution in [0.5, 0.6) is 5.75 Å². The molecule has 1 unspecified atom stereocenters. The van der Waals surface area contributed by atoms with Crippen molar-refractivity contribution in [3.05, 3.63) is 29.8 Å². The molecule has 0 fully saturated rings. The number of carbonyl (C=O) groups is 1. The Morgan fingerprint density at radius 3 is 2.44 bits per heavy atom. The van der Waals surface area contributed by atoms with Gasteiger partial charge in [0.15, 0.2) is 0 Å². The van der Waals surface area contributed by atoms with Gasteiger partial charge in [0.25, 0.3) is 0 Å². The Balaban J connectivity index is 2.43. The third kappa shape index (κ3) is 4.47. The molecule has 0 radical (unpaired) electrons. The summed E-state index contributed by atoms with van der Waals surface area (Å²) in [7, 11) is 1.67. The van der Waals surface area contributed by atoms with Gasteiger partial charge in [-0.05, 0) is 43.4 Å². The number of Topliss-reactive ketones (excluding diaryl/α,β-unsaturated/α-hetero) is 1. The van der Waals surface area contributed by atoms with Crippen LogP contribution < -0.4 is 4.74 Å². The van der Waals surface area contributed by atoms with E-state index in [9.17, 15) is 4.79 Å². The van der Waals surface area contributed by atoms with Crippen molar-refractivity contribution in [2.45, 2.75) is 33.1 Å². The Morgan fingerprint density at radius 1 is 1.31 bits per heavy atom. The van der Waals surface area contributed by atoms with Crippen LogP contribution in [0.2, 0.25) is 0 Å². The standard InChI is InChI=1S/C14H20O2/c1-11(4-5-12(2)15)10-13-6-8-14(16-3)9-7-13/h6-9,11H,4-5,10H2,1-3H3. The second-order valence-corrected chi connectivity index (χ2v) is 4.40. The van der Waals surface area contributed by atoms with Crippen molar-refractivity contribution in [3.8, 4) is 5.75 Å². The first-order chi connectivity index (χ1) is 7.61. The Labute approximate surface area is 97.6 Å². The minimum Gasteiger partial charge on any atom is -0.497 e. The summed E-state index contributed by atoms with van der Waals surface area (Å²) in [6.07, 6.45) is 2.69. The van der Waals surface area contributed by atoms with Crippen molar-refractivity contribution in [2.24, 2.45) is 5.92 Å². The van der Waals surface area contributed by atoms with Crippen molar-refractivity contribution in [3.63, 3.8) is 0 Å². The molecule has 16 heavy (non-hydrogen) atoms. The van der Waals surface area contributed by atoms with E-state index in [1.165, 1.54) is 5.56 Å². The number of methoxy groups -OCH3 is 1. The van der Waals surface area contributed by atoms with Gasteiger partial charge >= 0.3 is 0 Å². The van der Waals surface area contributed by atoms with Crippen LogP contribution in [0.4, 0.5) is 0 Å². The molecule has 0 aromatic heterocycles. The number of ether oxygens (including phenoxy) is 1. The van der Waals surface area contributed by atoms with Crippen LogP contribution in [-0.2, 0) is 11.2 Å². The number of carbonyl (C=O) groups excluding carboxylic acids is 1. The van der Waals surface area contributed by atoms with Gasteiger partial charge < -0.3 is 9.53 Å². The third-order valence-corrected chi connectivity index (χ3v) is 2.73. The quantitative estimate of drug-likeness (QED) is 0.735. The molecule has 0 heterocycles. The number of benzene rings is 1. The van der Waals surface area contributed by atoms with Gasteiger partial charge in [-0.1, -0.05) is 19.1 Å². The van der Waals surface area contributed by atoms with Gasteiger partial charge in [0.2, 0.25) is 0 Å². The smallest absolute Gasteiger partial charge is 0.129 e. The monoisotopic (exact) mass is 220 g/mol. The molecule has 2 heteroatoms. The first-order valence-electron chi connectivity index (χ1n) is 5.74. The minimum absolute atomic E-state index is 0.279. The van der Waals surface area contributed by atoms with Gasteiger partial charge in [-0.25, -0.2) is 0 Å². The molecular weight excluding hydrogens is 200 g/mol. The second kappa shape index (κ2) is 6.31. The van der Waals surface area contributed by atoms with E-state index in [0.29, 0.717) is 12.3 Å². The Bertz CT molecular complexity index is 327. The fourth-order valence-electron chi connectivity index (χ4n) is 1.72. The third-order valence-electron chi connectivity index (χ3n) is 2.73. The highest BCUT2D eigenvalue weighted by molar-refractivity contribution is 5.75. The summed E-state index contributed by atoms with van der Waals surface area (Å²) >= 11 is 0. The highest BCUT2D eigenvalue weighted by atomic mass is 16.5. The molecule has 2 nitrogen and oxygen atoms in total. The number of hydrogen-bond acceptors (Lipinski definition) is 2. The minimum atomic E-state index is 0.279. The first-order valence-corrected chi connectivity index (χ1v) is 5.74. The van der Waals surface area contributed by atoms with Gasteiger partial charge in [-0.3, -0.25) is 0 Å². The van der Waals surface area contributed by atoms with E-state index in [-0.39, 0.29) is 5.78 Å². The van der Waals surface area contributed by atoms with Crippen LogP contribution in [0.25, 0.3) is 0 Å². The average Bonchev–Trinajstić information content (AvgIpc) is 2.27. The number of hydrogen-bond donors (Lipinski definition) is 0. The van der Waals surface area contributed by atoms with Crippen LogP contribution in [-0.4, -0.2) is 12.9 Å². The lowest BCUT2D eigenvalue weighted by molar-refractivity contribution is -0.117. The molecule has 1 aromatic carbocycles. The van der Waals surface area contributed by atoms with E-state index in [0.717, 1.165) is 18.6 Å². The zero-order chi connectivity index (χ0) is 12.0. The van der Waals surface area contributed by atoms with Gasteiger partial charge in [-0.2, -0.15) is 0 Å². The van der Waals surface area contributed by atoms with Crippen LogP contribution in [0, 0.1) is 5.92 Å². The molecule has 0 bridgehead atoms. The summed E-state index contributed by atoms with van der Waals surface area (Å²) in [4.78, 5) is 10.9. The van der Waals surface area contributed by atoms with E-state index in [1.54, 1.807) is 14.0 Å². The fourth-order valence-corrected chi connectivity index (χ4v) is 1.72. The first kappa shape index (κ1) is 12.8. The molecule has 0 aliphatic heterocycles. The maximum absolute atomic E-state index is 10.9. The van der Waals surface area contributed by atoms with Gasteiger partial charge in [0, 0.05) is 6.42 Å². The molecule has 1 aromatic rings. The molecule has 0 saturated heterocycles. The normalized spacial score (nSPS) is 12.2. The van der Waals surface area contributed by atoms with Crippen LogP contribution in [0.3, 0.4) is 0 Å². The average molecular weight is 220 g/mol. The summed E-state index contributed by atoms with van der Waals surface area (Å²) in [6.45, 7) is 3.84. The summed E-state index contributed by atoms with van der Waals surface area (Å²) in [6, 6.07) is 8.13. The van der Waals surface area contributed by atoms with Crippen LogP contribution in [0.1, 0.15) is 32.3 Å². The Morgan fingerprint density at radius 2 is 1.94 bits per heavy atom. The topological polar surface area (TPSA) is 26.3 Å². The molecule has 1 rings (SSSR count). The summed E-state index contributed by atoms with van der Waals surface area (Å²) in [5, 5.41) is 0. The SMILES string of the molecule is COc1ccc(CC(C)CCC(C)=O)cc1. The van der Waals surface area contributed by atoms with Gasteiger partial charge in [0.1, 0.15) is 11.5 Å². The van der Waals surface area contributed by atoms with Crippen molar-refractivity contribution >= 4 is 5.78 Å². The van der Waals surface area contributed by atoms with Crippen molar-refractivity contribution in [2.75, 3.05) is 7.11 Å². The number of ketones is 1. The molecule has 0 aliphatic rings. The van der Waals surface area contributed by atoms with Crippen molar-refractivity contribution in [1.82, 2.24) is 0 Å². The zero-order valence-electron chi connectivity index (χ0n) is 10.3. The second-order valence-electron chi connectivity index (χ2n) is 4.40. The summed E-state index contributed by atoms with van der Waals surface area (Å²) in [5.74, 6) is 1.72. The van der Waals surface area contributed by atoms with E-state index in [4.69, 9.17) is 4.74 Å². The van der Waals surface area contributed by atoms with E-state index < -0.39 is 0 Å². The summed E-state index contributed by atoms with van der Waals surface area (Å²) in [5.41, 5.74) is 1.30. The van der Waals surface area contributed by atoms with E-state index in [2.05, 4.69) is 19.1 Å². The maximum atomic E-state index is 10.9. The molecule has 1 atom stereocenters. The lowest BCUT2D eigenvalue weighted by atomic mass is 9.96. The highest BCUT2D eigenvalue weighted by Crippen LogP contribution is 2.17. The predicted molar refractivity (Wildman–Crippen MR) is 65.8 cm³/mol. The van der Waals surface area contributed by atoms with E-state index in [1.807, 2.05) is 12.1 Å². The lowest BCUT2D eigenvalue weighted by Gasteiger charge is -2.10. The predicted octanol–water partition coefficient (Wildman–Crippen LogP) is 3.24. The fraction of sp³-hybridized carbons (Fsp3) is 0.500. The maximum Gasteiger partial charge on any atom is 0.129 e. The highest BCUT2D eigenvalue weighted by Gasteiger charge is 2.05. The van der Waals surface area contributed by atoms with Crippen molar-refractivity contribution in [1.29, 1.82) is 0 Å². The van der Waals surface area contributed by atoms with Crippen molar-refractivity contribution < 1.29 is 9.53 Å². The molecule has 0 saturated carbocycles. The Kier molecular flexibility index (Phi) is 5.03. The Hall–Kier alpha value is -1.31. The molecule has 0 N–H and O–H groups in total.